The van der Waals surface area contributed by atoms with Gasteiger partial charge >= 0.3 is 0 Å². The van der Waals surface area contributed by atoms with Gasteiger partial charge in [0.25, 0.3) is 0 Å². The summed E-state index contributed by atoms with van der Waals surface area (Å²) in [6, 6.07) is 0. The van der Waals surface area contributed by atoms with Crippen molar-refractivity contribution in [2.24, 2.45) is 11.8 Å². The van der Waals surface area contributed by atoms with E-state index < -0.39 is 12.2 Å². The minimum absolute atomic E-state index is 0.416. The van der Waals surface area contributed by atoms with Crippen LogP contribution in [0.4, 0.5) is 0 Å². The van der Waals surface area contributed by atoms with E-state index >= 15 is 0 Å². The molecule has 0 heterocycles. The summed E-state index contributed by atoms with van der Waals surface area (Å²) in [5.41, 5.74) is 0. The molecule has 0 radical (unpaired) electrons. The minimum Gasteiger partial charge on any atom is -0.390 e. The van der Waals surface area contributed by atoms with Crippen LogP contribution in [0.2, 0.25) is 0 Å². The minimum atomic E-state index is -0.428. The summed E-state index contributed by atoms with van der Waals surface area (Å²) in [7, 11) is 0. The third kappa shape index (κ3) is 1.18. The van der Waals surface area contributed by atoms with Crippen LogP contribution in [0.25, 0.3) is 0 Å². The molecule has 0 aromatic carbocycles. The van der Waals surface area contributed by atoms with E-state index in [0.29, 0.717) is 11.8 Å². The molecule has 0 aromatic heterocycles. The van der Waals surface area contributed by atoms with Crippen LogP contribution in [0.5, 0.6) is 0 Å². The molecule has 2 rings (SSSR count). The predicted octanol–water partition coefficient (Wildman–Crippen LogP) is 0.918. The zero-order chi connectivity index (χ0) is 7.84. The lowest BCUT2D eigenvalue weighted by Crippen LogP contribution is -2.27. The topological polar surface area (TPSA) is 40.5 Å². The third-order valence-corrected chi connectivity index (χ3v) is 3.35. The molecule has 0 bridgehead atoms. The lowest BCUT2D eigenvalue weighted by molar-refractivity contribution is 0.0139. The van der Waals surface area contributed by atoms with Crippen LogP contribution in [0.3, 0.4) is 0 Å². The first kappa shape index (κ1) is 7.56. The molecule has 2 N–H and O–H groups in total. The van der Waals surface area contributed by atoms with Gasteiger partial charge in [-0.2, -0.15) is 0 Å². The van der Waals surface area contributed by atoms with Crippen LogP contribution in [0, 0.1) is 11.8 Å². The third-order valence-electron chi connectivity index (χ3n) is 3.35. The highest BCUT2D eigenvalue weighted by Crippen LogP contribution is 2.42. The van der Waals surface area contributed by atoms with E-state index in [1.54, 1.807) is 0 Å². The maximum absolute atomic E-state index is 9.54. The Bertz CT molecular complexity index is 146. The first-order chi connectivity index (χ1) is 5.29. The Morgan fingerprint density at radius 2 is 1.73 bits per heavy atom. The van der Waals surface area contributed by atoms with E-state index in [2.05, 4.69) is 0 Å². The van der Waals surface area contributed by atoms with Gasteiger partial charge in [-0.25, -0.2) is 0 Å². The summed E-state index contributed by atoms with van der Waals surface area (Å²) < 4.78 is 0. The van der Waals surface area contributed by atoms with Crippen molar-refractivity contribution in [3.05, 3.63) is 0 Å². The second kappa shape index (κ2) is 2.76. The van der Waals surface area contributed by atoms with E-state index in [0.717, 1.165) is 12.8 Å². The summed E-state index contributed by atoms with van der Waals surface area (Å²) >= 11 is 0. The molecule has 2 saturated carbocycles. The Kier molecular flexibility index (Phi) is 1.90. The molecule has 4 unspecified atom stereocenters. The van der Waals surface area contributed by atoms with Crippen LogP contribution in [0.1, 0.15) is 32.1 Å². The van der Waals surface area contributed by atoms with Crippen LogP contribution in [-0.2, 0) is 0 Å². The SMILES string of the molecule is OC1CC2CCCCC2C1O. The second-order valence-corrected chi connectivity index (χ2v) is 4.00. The summed E-state index contributed by atoms with van der Waals surface area (Å²) in [6.07, 6.45) is 4.88. The highest BCUT2D eigenvalue weighted by atomic mass is 16.3. The molecule has 0 spiro atoms. The lowest BCUT2D eigenvalue weighted by Gasteiger charge is -2.26. The van der Waals surface area contributed by atoms with Crippen molar-refractivity contribution in [1.82, 2.24) is 0 Å². The summed E-state index contributed by atoms with van der Waals surface area (Å²) in [5, 5.41) is 18.9. The summed E-state index contributed by atoms with van der Waals surface area (Å²) in [5.74, 6) is 1.03. The Labute approximate surface area is 67.2 Å². The van der Waals surface area contributed by atoms with Crippen LogP contribution in [-0.4, -0.2) is 22.4 Å². The van der Waals surface area contributed by atoms with Crippen molar-refractivity contribution in [2.45, 2.75) is 44.3 Å². The smallest absolute Gasteiger partial charge is 0.0829 e. The Morgan fingerprint density at radius 1 is 1.00 bits per heavy atom. The zero-order valence-corrected chi connectivity index (χ0v) is 6.74. The molecule has 2 fully saturated rings. The van der Waals surface area contributed by atoms with E-state index in [4.69, 9.17) is 0 Å². The van der Waals surface area contributed by atoms with Gasteiger partial charge in [0.15, 0.2) is 0 Å². The Balaban J connectivity index is 2.05. The largest absolute Gasteiger partial charge is 0.390 e. The monoisotopic (exact) mass is 156 g/mol. The predicted molar refractivity (Wildman–Crippen MR) is 42.1 cm³/mol. The van der Waals surface area contributed by atoms with Crippen molar-refractivity contribution in [1.29, 1.82) is 0 Å². The normalized spacial score (nSPS) is 50.7. The highest BCUT2D eigenvalue weighted by molar-refractivity contribution is 4.92. The van der Waals surface area contributed by atoms with Crippen molar-refractivity contribution < 1.29 is 10.2 Å². The summed E-state index contributed by atoms with van der Waals surface area (Å²) in [4.78, 5) is 0. The average molecular weight is 156 g/mol. The van der Waals surface area contributed by atoms with Gasteiger partial charge in [-0.05, 0) is 31.1 Å². The molecule has 0 saturated heterocycles. The molecule has 0 aliphatic heterocycles. The molecule has 2 aliphatic carbocycles. The number of rotatable bonds is 0. The average Bonchev–Trinajstić information content (AvgIpc) is 2.30. The molecular formula is C9H16O2. The van der Waals surface area contributed by atoms with Gasteiger partial charge in [0.2, 0.25) is 0 Å². The highest BCUT2D eigenvalue weighted by Gasteiger charge is 2.41. The van der Waals surface area contributed by atoms with E-state index in [1.165, 1.54) is 19.3 Å². The van der Waals surface area contributed by atoms with Crippen molar-refractivity contribution in [2.75, 3.05) is 0 Å². The first-order valence-corrected chi connectivity index (χ1v) is 4.65. The second-order valence-electron chi connectivity index (χ2n) is 4.00. The summed E-state index contributed by atoms with van der Waals surface area (Å²) in [6.45, 7) is 0. The maximum Gasteiger partial charge on any atom is 0.0829 e. The molecule has 2 aliphatic rings. The lowest BCUT2D eigenvalue weighted by atomic mass is 9.81. The van der Waals surface area contributed by atoms with Gasteiger partial charge in [-0.3, -0.25) is 0 Å². The molecule has 4 atom stereocenters. The first-order valence-electron chi connectivity index (χ1n) is 4.65. The van der Waals surface area contributed by atoms with Crippen molar-refractivity contribution in [3.8, 4) is 0 Å². The molecule has 0 amide bonds. The van der Waals surface area contributed by atoms with Gasteiger partial charge in [0, 0.05) is 0 Å². The van der Waals surface area contributed by atoms with E-state index in [1.807, 2.05) is 0 Å². The van der Waals surface area contributed by atoms with Gasteiger partial charge in [0.05, 0.1) is 12.2 Å². The number of aliphatic hydroxyl groups excluding tert-OH is 2. The van der Waals surface area contributed by atoms with Gasteiger partial charge in [-0.1, -0.05) is 12.8 Å². The standard InChI is InChI=1S/C9H16O2/c10-8-5-6-3-1-2-4-7(6)9(8)11/h6-11H,1-5H2. The molecule has 0 aromatic rings. The van der Waals surface area contributed by atoms with Gasteiger partial charge in [0.1, 0.15) is 0 Å². The van der Waals surface area contributed by atoms with Crippen molar-refractivity contribution >= 4 is 0 Å². The fraction of sp³-hybridized carbons (Fsp3) is 1.00. The number of hydrogen-bond acceptors (Lipinski definition) is 2. The molecule has 11 heavy (non-hydrogen) atoms. The molecule has 64 valence electrons. The number of hydrogen-bond donors (Lipinski definition) is 2. The van der Waals surface area contributed by atoms with E-state index in [9.17, 15) is 10.2 Å². The molecular weight excluding hydrogens is 140 g/mol. The van der Waals surface area contributed by atoms with Gasteiger partial charge < -0.3 is 10.2 Å². The van der Waals surface area contributed by atoms with E-state index in [-0.39, 0.29) is 0 Å². The van der Waals surface area contributed by atoms with Crippen LogP contribution in [0.15, 0.2) is 0 Å². The Morgan fingerprint density at radius 3 is 2.45 bits per heavy atom. The zero-order valence-electron chi connectivity index (χ0n) is 6.74. The molecule has 2 nitrogen and oxygen atoms in total. The van der Waals surface area contributed by atoms with Crippen LogP contribution < -0.4 is 0 Å². The number of aliphatic hydroxyl groups is 2. The number of fused-ring (bicyclic) bond motifs is 1. The van der Waals surface area contributed by atoms with Crippen molar-refractivity contribution in [3.63, 3.8) is 0 Å². The fourth-order valence-corrected chi connectivity index (χ4v) is 2.71. The van der Waals surface area contributed by atoms with Crippen LogP contribution >= 0.6 is 0 Å². The Hall–Kier alpha value is -0.0800. The van der Waals surface area contributed by atoms with Gasteiger partial charge in [-0.15, -0.1) is 0 Å². The fourth-order valence-electron chi connectivity index (χ4n) is 2.71. The maximum atomic E-state index is 9.54. The molecule has 2 heteroatoms. The quantitative estimate of drug-likeness (QED) is 0.547.